The number of carboxylic acid groups (broad SMARTS) is 1. The molecule has 0 radical (unpaired) electrons. The third kappa shape index (κ3) is 7.96. The molecule has 1 aromatic carbocycles. The van der Waals surface area contributed by atoms with E-state index in [1.807, 2.05) is 0 Å². The van der Waals surface area contributed by atoms with Crippen molar-refractivity contribution in [1.29, 1.82) is 0 Å². The Bertz CT molecular complexity index is 1810. The SMILES string of the molecule is CON=C(C(=O)N[C@@H]1C(=O)N2C(C(=O)[O-])=C(CSc3nnc(-c4ccc(OC(C)=O)c(OC(C)=O)c4)o3)CS[C@H]12)c1csc(N)n1.[Na+]. The topological polar surface area (TPSA) is 242 Å². The number of carboxylic acids is 1. The quantitative estimate of drug-likeness (QED) is 0.0388. The molecule has 0 bridgehead atoms. The molecular formula is C26H22N7NaO10S3. The number of carbonyl (C=O) groups excluding carboxylic acids is 5. The molecule has 3 N–H and O–H groups in total. The van der Waals surface area contributed by atoms with Crippen molar-refractivity contribution in [3.8, 4) is 23.0 Å². The van der Waals surface area contributed by atoms with Crippen LogP contribution in [0.3, 0.4) is 0 Å². The maximum Gasteiger partial charge on any atom is 1.00 e. The summed E-state index contributed by atoms with van der Waals surface area (Å²) in [6, 6.07) is 3.26. The van der Waals surface area contributed by atoms with Crippen LogP contribution < -0.4 is 55.2 Å². The van der Waals surface area contributed by atoms with E-state index in [0.29, 0.717) is 11.1 Å². The van der Waals surface area contributed by atoms with Crippen molar-refractivity contribution in [1.82, 2.24) is 25.4 Å². The molecule has 2 amide bonds. The fourth-order valence-electron chi connectivity index (χ4n) is 4.33. The van der Waals surface area contributed by atoms with Crippen molar-refractivity contribution < 1.29 is 77.4 Å². The van der Waals surface area contributed by atoms with Crippen LogP contribution in [0.5, 0.6) is 11.5 Å². The van der Waals surface area contributed by atoms with E-state index in [1.165, 1.54) is 56.3 Å². The molecule has 2 aliphatic heterocycles. The van der Waals surface area contributed by atoms with Gasteiger partial charge < -0.3 is 39.7 Å². The van der Waals surface area contributed by atoms with Crippen molar-refractivity contribution in [3.63, 3.8) is 0 Å². The van der Waals surface area contributed by atoms with Crippen molar-refractivity contribution in [2.24, 2.45) is 5.16 Å². The molecule has 17 nitrogen and oxygen atoms in total. The number of nitrogens with zero attached hydrogens (tertiary/aromatic N) is 5. The van der Waals surface area contributed by atoms with Crippen molar-refractivity contribution in [2.45, 2.75) is 30.5 Å². The van der Waals surface area contributed by atoms with Crippen LogP contribution in [0.2, 0.25) is 0 Å². The van der Waals surface area contributed by atoms with Crippen molar-refractivity contribution in [2.75, 3.05) is 24.3 Å². The number of β-lactam (4-membered cyclic amide) rings is 1. The van der Waals surface area contributed by atoms with E-state index in [9.17, 15) is 29.1 Å². The number of benzene rings is 1. The smallest absolute Gasteiger partial charge is 0.543 e. The normalized spacial score (nSPS) is 17.2. The zero-order valence-corrected chi connectivity index (χ0v) is 29.4. The second kappa shape index (κ2) is 15.3. The zero-order valence-electron chi connectivity index (χ0n) is 25.0. The van der Waals surface area contributed by atoms with Crippen LogP contribution in [0.1, 0.15) is 19.5 Å². The predicted molar refractivity (Wildman–Crippen MR) is 160 cm³/mol. The van der Waals surface area contributed by atoms with Crippen LogP contribution in [0.15, 0.2) is 49.6 Å². The molecule has 0 unspecified atom stereocenters. The van der Waals surface area contributed by atoms with Gasteiger partial charge in [0, 0.05) is 36.3 Å². The van der Waals surface area contributed by atoms with Gasteiger partial charge in [0.2, 0.25) is 5.89 Å². The zero-order chi connectivity index (χ0) is 33.1. The molecule has 2 atom stereocenters. The largest absolute Gasteiger partial charge is 1.00 e. The number of thiazole rings is 1. The number of esters is 2. The number of amides is 2. The van der Waals surface area contributed by atoms with E-state index < -0.39 is 41.1 Å². The summed E-state index contributed by atoms with van der Waals surface area (Å²) in [6.07, 6.45) is 0. The number of nitrogen functional groups attached to an aromatic ring is 1. The Morgan fingerprint density at radius 1 is 1.19 bits per heavy atom. The molecule has 3 aromatic rings. The number of hydrogen-bond acceptors (Lipinski definition) is 18. The molecule has 47 heavy (non-hydrogen) atoms. The number of aromatic nitrogens is 3. The number of anilines is 1. The summed E-state index contributed by atoms with van der Waals surface area (Å²) in [5, 5.41) is 27.5. The third-order valence-electron chi connectivity index (χ3n) is 6.16. The first kappa shape index (κ1) is 35.9. The van der Waals surface area contributed by atoms with Crippen LogP contribution in [-0.2, 0) is 28.8 Å². The van der Waals surface area contributed by atoms with Gasteiger partial charge in [0.25, 0.3) is 17.0 Å². The van der Waals surface area contributed by atoms with E-state index in [1.54, 1.807) is 0 Å². The Hall–Kier alpha value is -3.95. The Kier molecular flexibility index (Phi) is 11.7. The van der Waals surface area contributed by atoms with Gasteiger partial charge in [-0.3, -0.25) is 24.1 Å². The maximum atomic E-state index is 13.1. The average Bonchev–Trinajstić information content (AvgIpc) is 3.66. The molecule has 1 saturated heterocycles. The first-order chi connectivity index (χ1) is 22.0. The van der Waals surface area contributed by atoms with Gasteiger partial charge in [0.1, 0.15) is 24.2 Å². The summed E-state index contributed by atoms with van der Waals surface area (Å²) in [5.41, 5.74) is 6.02. The number of nitrogens with one attached hydrogen (secondary N) is 1. The predicted octanol–water partition coefficient (Wildman–Crippen LogP) is -2.82. The molecule has 240 valence electrons. The molecule has 21 heteroatoms. The van der Waals surface area contributed by atoms with Gasteiger partial charge in [0.05, 0.1) is 11.7 Å². The fraction of sp³-hybridized carbons (Fsp3) is 0.269. The summed E-state index contributed by atoms with van der Waals surface area (Å²) in [5.74, 6) is -3.92. The number of nitrogens with two attached hydrogens (primary N) is 1. The number of fused-ring (bicyclic) bond motifs is 1. The van der Waals surface area contributed by atoms with E-state index in [4.69, 9.17) is 24.5 Å². The minimum absolute atomic E-state index is 0. The average molecular weight is 712 g/mol. The molecule has 2 aliphatic rings. The summed E-state index contributed by atoms with van der Waals surface area (Å²) in [6.45, 7) is 2.38. The first-order valence-corrected chi connectivity index (χ1v) is 15.9. The summed E-state index contributed by atoms with van der Waals surface area (Å²) in [7, 11) is 1.24. The Balaban J connectivity index is 0.00000500. The van der Waals surface area contributed by atoms with E-state index in [0.717, 1.165) is 28.0 Å². The number of aliphatic carboxylic acids is 1. The van der Waals surface area contributed by atoms with Crippen LogP contribution >= 0.6 is 34.9 Å². The molecule has 0 saturated carbocycles. The van der Waals surface area contributed by atoms with Gasteiger partial charge in [-0.1, -0.05) is 16.9 Å². The molecule has 1 fully saturated rings. The first-order valence-electron chi connectivity index (χ1n) is 13.0. The number of rotatable bonds is 11. The Morgan fingerprint density at radius 2 is 1.91 bits per heavy atom. The van der Waals surface area contributed by atoms with Crippen molar-refractivity contribution >= 4 is 75.4 Å². The molecule has 0 spiro atoms. The standard InChI is InChI=1S/C26H23N7O10S3.Na/c1-10(34)41-15-5-4-12(6-16(15)42-11(2)35)21-30-31-26(43-21)46-8-13-7-44-23-18(22(37)33(23)19(13)24(38)39)29-20(36)17(32-40-3)14-9-45-25(27)28-14;/h4-6,9,18,23H,7-8H2,1-3H3,(H2,27,28)(H,29,36)(H,38,39);/q;+1/p-1/t18-,23-;/m1./s1. The van der Waals surface area contributed by atoms with E-state index in [-0.39, 0.29) is 85.9 Å². The summed E-state index contributed by atoms with van der Waals surface area (Å²) < 4.78 is 15.9. The van der Waals surface area contributed by atoms with Crippen molar-refractivity contribution in [3.05, 3.63) is 40.5 Å². The van der Waals surface area contributed by atoms with Gasteiger partial charge in [-0.05, 0) is 23.8 Å². The number of carbonyl (C=O) groups is 5. The third-order valence-corrected chi connectivity index (χ3v) is 9.08. The van der Waals surface area contributed by atoms with Gasteiger partial charge in [0.15, 0.2) is 22.3 Å². The molecule has 2 aromatic heterocycles. The Morgan fingerprint density at radius 3 is 2.55 bits per heavy atom. The van der Waals surface area contributed by atoms with Crippen LogP contribution in [0.25, 0.3) is 11.5 Å². The number of ether oxygens (including phenoxy) is 2. The number of hydrogen-bond donors (Lipinski definition) is 2. The number of oxime groups is 1. The second-order valence-electron chi connectivity index (χ2n) is 9.30. The minimum Gasteiger partial charge on any atom is -0.543 e. The number of thioether (sulfide) groups is 2. The monoisotopic (exact) mass is 711 g/mol. The van der Waals surface area contributed by atoms with Gasteiger partial charge in [-0.15, -0.1) is 33.3 Å². The Labute approximate surface area is 299 Å². The molecule has 5 rings (SSSR count). The van der Waals surface area contributed by atoms with Crippen LogP contribution in [0.4, 0.5) is 5.13 Å². The molecular weight excluding hydrogens is 690 g/mol. The second-order valence-corrected chi connectivity index (χ2v) is 12.2. The minimum atomic E-state index is -1.56. The maximum absolute atomic E-state index is 13.1. The van der Waals surface area contributed by atoms with E-state index >= 15 is 0 Å². The van der Waals surface area contributed by atoms with Gasteiger partial charge in [-0.2, -0.15) is 0 Å². The van der Waals surface area contributed by atoms with Crippen LogP contribution in [-0.4, -0.2) is 85.5 Å². The summed E-state index contributed by atoms with van der Waals surface area (Å²) in [4.78, 5) is 70.9. The molecule has 4 heterocycles. The molecule has 0 aliphatic carbocycles. The van der Waals surface area contributed by atoms with Gasteiger partial charge >= 0.3 is 41.5 Å². The van der Waals surface area contributed by atoms with Crippen LogP contribution in [0, 0.1) is 0 Å². The van der Waals surface area contributed by atoms with Gasteiger partial charge in [-0.25, -0.2) is 4.98 Å². The fourth-order valence-corrected chi connectivity index (χ4v) is 7.13. The summed E-state index contributed by atoms with van der Waals surface area (Å²) >= 11 is 3.37. The van der Waals surface area contributed by atoms with E-state index in [2.05, 4.69) is 25.7 Å².